The molecule has 1 fully saturated rings. The Labute approximate surface area is 92.5 Å². The molecule has 1 saturated heterocycles. The summed E-state index contributed by atoms with van der Waals surface area (Å²) in [5, 5.41) is 0. The number of anilines is 1. The zero-order valence-corrected chi connectivity index (χ0v) is 9.69. The van der Waals surface area contributed by atoms with Crippen LogP contribution in [0.25, 0.3) is 0 Å². The van der Waals surface area contributed by atoms with E-state index in [2.05, 4.69) is 54.2 Å². The van der Waals surface area contributed by atoms with Crippen LogP contribution in [-0.4, -0.2) is 38.1 Å². The zero-order chi connectivity index (χ0) is 10.7. The highest BCUT2D eigenvalue weighted by Crippen LogP contribution is 2.18. The largest absolute Gasteiger partial charge is 0.373 e. The molecule has 0 amide bonds. The van der Waals surface area contributed by atoms with E-state index in [9.17, 15) is 0 Å². The molecule has 1 heterocycles. The van der Waals surface area contributed by atoms with Crippen molar-refractivity contribution < 1.29 is 0 Å². The van der Waals surface area contributed by atoms with E-state index in [1.807, 2.05) is 0 Å². The molecule has 0 aromatic heterocycles. The monoisotopic (exact) mass is 204 g/mol. The number of likely N-dealkylation sites (tertiary alicyclic amines) is 1. The first kappa shape index (κ1) is 10.5. The number of hydrogen-bond acceptors (Lipinski definition) is 2. The summed E-state index contributed by atoms with van der Waals surface area (Å²) in [5.41, 5.74) is 1.32. The van der Waals surface area contributed by atoms with Crippen LogP contribution in [0.3, 0.4) is 0 Å². The molecule has 0 spiro atoms. The summed E-state index contributed by atoms with van der Waals surface area (Å²) < 4.78 is 0. The number of benzene rings is 1. The molecule has 82 valence electrons. The molecule has 1 aliphatic heterocycles. The highest BCUT2D eigenvalue weighted by atomic mass is 15.2. The van der Waals surface area contributed by atoms with Gasteiger partial charge in [0.05, 0.1) is 0 Å². The van der Waals surface area contributed by atoms with Crippen molar-refractivity contribution in [3.63, 3.8) is 0 Å². The average molecular weight is 204 g/mol. The molecule has 1 aromatic carbocycles. The van der Waals surface area contributed by atoms with E-state index in [-0.39, 0.29) is 0 Å². The predicted molar refractivity (Wildman–Crippen MR) is 65.4 cm³/mol. The maximum atomic E-state index is 2.47. The smallest absolute Gasteiger partial charge is 0.0364 e. The number of likely N-dealkylation sites (N-methyl/N-ethyl adjacent to an activating group) is 2. The lowest BCUT2D eigenvalue weighted by Gasteiger charge is -2.27. The van der Waals surface area contributed by atoms with Crippen LogP contribution < -0.4 is 4.90 Å². The number of nitrogens with zero attached hydrogens (tertiary/aromatic N) is 2. The van der Waals surface area contributed by atoms with Gasteiger partial charge >= 0.3 is 0 Å². The standard InChI is InChI=1S/C13H20N2/c1-14-10-6-9-13(14)11-15(2)12-7-4-3-5-8-12/h3-5,7-8,13H,6,9-11H2,1-2H3. The lowest BCUT2D eigenvalue weighted by Crippen LogP contribution is -2.36. The van der Waals surface area contributed by atoms with E-state index in [1.165, 1.54) is 25.1 Å². The fourth-order valence-electron chi connectivity index (χ4n) is 2.31. The van der Waals surface area contributed by atoms with Gasteiger partial charge in [-0.3, -0.25) is 0 Å². The van der Waals surface area contributed by atoms with Gasteiger partial charge in [-0.25, -0.2) is 0 Å². The summed E-state index contributed by atoms with van der Waals surface area (Å²) in [4.78, 5) is 4.83. The van der Waals surface area contributed by atoms with E-state index in [1.54, 1.807) is 0 Å². The first-order valence-corrected chi connectivity index (χ1v) is 5.74. The third kappa shape index (κ3) is 2.51. The highest BCUT2D eigenvalue weighted by molar-refractivity contribution is 5.45. The highest BCUT2D eigenvalue weighted by Gasteiger charge is 2.21. The molecule has 2 nitrogen and oxygen atoms in total. The quantitative estimate of drug-likeness (QED) is 0.745. The Kier molecular flexibility index (Phi) is 3.27. The van der Waals surface area contributed by atoms with Crippen LogP contribution in [0.1, 0.15) is 12.8 Å². The summed E-state index contributed by atoms with van der Waals surface area (Å²) in [7, 11) is 4.41. The lowest BCUT2D eigenvalue weighted by atomic mass is 10.2. The van der Waals surface area contributed by atoms with Crippen molar-refractivity contribution in [2.45, 2.75) is 18.9 Å². The minimum atomic E-state index is 0.732. The Bertz CT molecular complexity index is 297. The van der Waals surface area contributed by atoms with Gasteiger partial charge < -0.3 is 9.80 Å². The summed E-state index contributed by atoms with van der Waals surface area (Å²) in [6.45, 7) is 2.40. The second-order valence-corrected chi connectivity index (χ2v) is 4.49. The van der Waals surface area contributed by atoms with Crippen LogP contribution in [0.15, 0.2) is 30.3 Å². The molecule has 0 N–H and O–H groups in total. The third-order valence-corrected chi connectivity index (χ3v) is 3.35. The van der Waals surface area contributed by atoms with Gasteiger partial charge in [0.1, 0.15) is 0 Å². The minimum Gasteiger partial charge on any atom is -0.373 e. The molecule has 1 aromatic rings. The lowest BCUT2D eigenvalue weighted by molar-refractivity contribution is 0.314. The van der Waals surface area contributed by atoms with Crippen LogP contribution in [-0.2, 0) is 0 Å². The molecule has 1 aliphatic rings. The van der Waals surface area contributed by atoms with Crippen molar-refractivity contribution in [1.29, 1.82) is 0 Å². The van der Waals surface area contributed by atoms with Crippen LogP contribution in [0, 0.1) is 0 Å². The van der Waals surface area contributed by atoms with E-state index in [4.69, 9.17) is 0 Å². The van der Waals surface area contributed by atoms with E-state index < -0.39 is 0 Å². The zero-order valence-electron chi connectivity index (χ0n) is 9.69. The molecule has 0 saturated carbocycles. The Morgan fingerprint density at radius 3 is 2.67 bits per heavy atom. The van der Waals surface area contributed by atoms with Crippen LogP contribution in [0.5, 0.6) is 0 Å². The van der Waals surface area contributed by atoms with Crippen molar-refractivity contribution in [2.75, 3.05) is 32.1 Å². The van der Waals surface area contributed by atoms with Gasteiger partial charge in [0, 0.05) is 25.3 Å². The molecule has 15 heavy (non-hydrogen) atoms. The fraction of sp³-hybridized carbons (Fsp3) is 0.538. The number of para-hydroxylation sites is 1. The van der Waals surface area contributed by atoms with Gasteiger partial charge in [-0.2, -0.15) is 0 Å². The normalized spacial score (nSPS) is 21.9. The SMILES string of the molecule is CN(CC1CCCN1C)c1ccccc1. The Morgan fingerprint density at radius 1 is 1.33 bits per heavy atom. The molecule has 2 rings (SSSR count). The summed E-state index contributed by atoms with van der Waals surface area (Å²) >= 11 is 0. The molecule has 1 atom stereocenters. The average Bonchev–Trinajstić information content (AvgIpc) is 2.66. The van der Waals surface area contributed by atoms with Gasteiger partial charge in [0.25, 0.3) is 0 Å². The molecule has 0 aliphatic carbocycles. The van der Waals surface area contributed by atoms with E-state index in [0.29, 0.717) is 0 Å². The topological polar surface area (TPSA) is 6.48 Å². The van der Waals surface area contributed by atoms with Crippen LogP contribution in [0.4, 0.5) is 5.69 Å². The summed E-state index contributed by atoms with van der Waals surface area (Å²) in [6.07, 6.45) is 2.69. The van der Waals surface area contributed by atoms with E-state index >= 15 is 0 Å². The molecule has 1 unspecified atom stereocenters. The van der Waals surface area contributed by atoms with Crippen LogP contribution in [0.2, 0.25) is 0 Å². The maximum absolute atomic E-state index is 2.47. The van der Waals surface area contributed by atoms with Gasteiger partial charge in [0.2, 0.25) is 0 Å². The van der Waals surface area contributed by atoms with Crippen molar-refractivity contribution in [2.24, 2.45) is 0 Å². The molecule has 0 bridgehead atoms. The predicted octanol–water partition coefficient (Wildman–Crippen LogP) is 2.22. The van der Waals surface area contributed by atoms with Crippen LogP contribution >= 0.6 is 0 Å². The first-order chi connectivity index (χ1) is 7.27. The molecule has 0 radical (unpaired) electrons. The summed E-state index contributed by atoms with van der Waals surface area (Å²) in [6, 6.07) is 11.4. The van der Waals surface area contributed by atoms with Crippen molar-refractivity contribution in [3.8, 4) is 0 Å². The van der Waals surface area contributed by atoms with Crippen molar-refractivity contribution in [1.82, 2.24) is 4.90 Å². The van der Waals surface area contributed by atoms with Gasteiger partial charge in [-0.15, -0.1) is 0 Å². The molecule has 2 heteroatoms. The Morgan fingerprint density at radius 2 is 2.07 bits per heavy atom. The second kappa shape index (κ2) is 4.67. The Hall–Kier alpha value is -1.02. The maximum Gasteiger partial charge on any atom is 0.0364 e. The first-order valence-electron chi connectivity index (χ1n) is 5.74. The second-order valence-electron chi connectivity index (χ2n) is 4.49. The van der Waals surface area contributed by atoms with Crippen molar-refractivity contribution in [3.05, 3.63) is 30.3 Å². The minimum absolute atomic E-state index is 0.732. The van der Waals surface area contributed by atoms with Crippen molar-refractivity contribution >= 4 is 5.69 Å². The molecular weight excluding hydrogens is 184 g/mol. The molecular formula is C13H20N2. The third-order valence-electron chi connectivity index (χ3n) is 3.35. The summed E-state index contributed by atoms with van der Waals surface area (Å²) in [5.74, 6) is 0. The number of hydrogen-bond donors (Lipinski definition) is 0. The van der Waals surface area contributed by atoms with E-state index in [0.717, 1.165) is 12.6 Å². The fourth-order valence-corrected chi connectivity index (χ4v) is 2.31. The van der Waals surface area contributed by atoms with Gasteiger partial charge in [-0.1, -0.05) is 18.2 Å². The number of rotatable bonds is 3. The van der Waals surface area contributed by atoms with Gasteiger partial charge in [0.15, 0.2) is 0 Å². The Balaban J connectivity index is 1.95. The van der Waals surface area contributed by atoms with Gasteiger partial charge in [-0.05, 0) is 38.6 Å².